The van der Waals surface area contributed by atoms with Crippen LogP contribution < -0.4 is 10.1 Å². The molecular formula is C15H19NO4. The molecule has 108 valence electrons. The molecule has 5 heteroatoms. The van der Waals surface area contributed by atoms with Crippen molar-refractivity contribution in [2.45, 2.75) is 31.0 Å². The van der Waals surface area contributed by atoms with Gasteiger partial charge in [0.1, 0.15) is 23.9 Å². The highest BCUT2D eigenvalue weighted by atomic mass is 16.5. The molecule has 1 fully saturated rings. The Morgan fingerprint density at radius 2 is 2.30 bits per heavy atom. The predicted molar refractivity (Wildman–Crippen MR) is 72.7 cm³/mol. The summed E-state index contributed by atoms with van der Waals surface area (Å²) >= 11 is 0. The van der Waals surface area contributed by atoms with Gasteiger partial charge in [0.15, 0.2) is 0 Å². The third-order valence-electron chi connectivity index (χ3n) is 4.24. The smallest absolute Gasteiger partial charge is 0.231 e. The van der Waals surface area contributed by atoms with Gasteiger partial charge in [-0.2, -0.15) is 0 Å². The first kappa shape index (κ1) is 13.4. The normalized spacial score (nSPS) is 31.7. The van der Waals surface area contributed by atoms with Gasteiger partial charge in [-0.05, 0) is 13.0 Å². The number of carbonyl (C=O) groups excluding carboxylic acids is 1. The molecule has 0 radical (unpaired) electrons. The lowest BCUT2D eigenvalue weighted by atomic mass is 9.95. The molecule has 2 N–H and O–H groups in total. The molecule has 1 amide bonds. The molecule has 1 aromatic rings. The molecule has 3 rings (SSSR count). The van der Waals surface area contributed by atoms with Crippen LogP contribution in [-0.4, -0.2) is 42.5 Å². The SMILES string of the molecule is CC1OCCC1(O)CNC(=O)C1COc2ccccc21. The Morgan fingerprint density at radius 1 is 1.50 bits per heavy atom. The monoisotopic (exact) mass is 277 g/mol. The van der Waals surface area contributed by atoms with E-state index in [4.69, 9.17) is 9.47 Å². The number of fused-ring (bicyclic) bond motifs is 1. The quantitative estimate of drug-likeness (QED) is 0.858. The van der Waals surface area contributed by atoms with Gasteiger partial charge in [-0.15, -0.1) is 0 Å². The predicted octanol–water partition coefficient (Wildman–Crippen LogP) is 0.819. The van der Waals surface area contributed by atoms with Gasteiger partial charge in [0, 0.05) is 25.1 Å². The van der Waals surface area contributed by atoms with Gasteiger partial charge in [0.2, 0.25) is 5.91 Å². The standard InChI is InChI=1S/C15H19NO4/c1-10-15(18,6-7-19-10)9-16-14(17)12-8-20-13-5-3-2-4-11(12)13/h2-5,10,12,18H,6-9H2,1H3,(H,16,17). The number of carbonyl (C=O) groups is 1. The number of aliphatic hydroxyl groups is 1. The third-order valence-corrected chi connectivity index (χ3v) is 4.24. The maximum atomic E-state index is 12.3. The second kappa shape index (κ2) is 5.07. The van der Waals surface area contributed by atoms with Crippen LogP contribution in [-0.2, 0) is 9.53 Å². The maximum Gasteiger partial charge on any atom is 0.231 e. The summed E-state index contributed by atoms with van der Waals surface area (Å²) in [6.07, 6.45) is 0.293. The minimum absolute atomic E-state index is 0.109. The van der Waals surface area contributed by atoms with Crippen LogP contribution >= 0.6 is 0 Å². The fraction of sp³-hybridized carbons (Fsp3) is 0.533. The van der Waals surface area contributed by atoms with Gasteiger partial charge < -0.3 is 19.9 Å². The first-order valence-electron chi connectivity index (χ1n) is 6.93. The third kappa shape index (κ3) is 2.27. The van der Waals surface area contributed by atoms with Gasteiger partial charge in [-0.1, -0.05) is 18.2 Å². The lowest BCUT2D eigenvalue weighted by Gasteiger charge is -2.26. The Kier molecular flexibility index (Phi) is 3.40. The van der Waals surface area contributed by atoms with Gasteiger partial charge in [-0.3, -0.25) is 4.79 Å². The molecular weight excluding hydrogens is 258 g/mol. The Balaban J connectivity index is 1.64. The summed E-state index contributed by atoms with van der Waals surface area (Å²) in [7, 11) is 0. The molecule has 0 spiro atoms. The van der Waals surface area contributed by atoms with Crippen LogP contribution in [0.4, 0.5) is 0 Å². The zero-order valence-electron chi connectivity index (χ0n) is 11.5. The molecule has 0 bridgehead atoms. The number of amides is 1. The number of hydrogen-bond acceptors (Lipinski definition) is 4. The molecule has 5 nitrogen and oxygen atoms in total. The number of ether oxygens (including phenoxy) is 2. The fourth-order valence-electron chi connectivity index (χ4n) is 2.75. The van der Waals surface area contributed by atoms with Crippen molar-refractivity contribution in [3.05, 3.63) is 29.8 Å². The van der Waals surface area contributed by atoms with Crippen LogP contribution in [0.25, 0.3) is 0 Å². The molecule has 2 heterocycles. The van der Waals surface area contributed by atoms with E-state index in [-0.39, 0.29) is 24.5 Å². The molecule has 2 aliphatic heterocycles. The van der Waals surface area contributed by atoms with E-state index in [9.17, 15) is 9.90 Å². The topological polar surface area (TPSA) is 67.8 Å². The summed E-state index contributed by atoms with van der Waals surface area (Å²) in [5, 5.41) is 13.2. The summed E-state index contributed by atoms with van der Waals surface area (Å²) in [6.45, 7) is 2.93. The summed E-state index contributed by atoms with van der Waals surface area (Å²) in [6, 6.07) is 7.55. The van der Waals surface area contributed by atoms with Gasteiger partial charge >= 0.3 is 0 Å². The van der Waals surface area contributed by atoms with E-state index in [1.807, 2.05) is 31.2 Å². The van der Waals surface area contributed by atoms with Crippen LogP contribution in [0.1, 0.15) is 24.8 Å². The van der Waals surface area contributed by atoms with E-state index in [1.165, 1.54) is 0 Å². The van der Waals surface area contributed by atoms with E-state index >= 15 is 0 Å². The highest BCUT2D eigenvalue weighted by Gasteiger charge is 2.40. The van der Waals surface area contributed by atoms with Crippen molar-refractivity contribution >= 4 is 5.91 Å². The van der Waals surface area contributed by atoms with Gasteiger partial charge in [-0.25, -0.2) is 0 Å². The maximum absolute atomic E-state index is 12.3. The van der Waals surface area contributed by atoms with Crippen molar-refractivity contribution in [2.75, 3.05) is 19.8 Å². The van der Waals surface area contributed by atoms with Crippen molar-refractivity contribution in [3.63, 3.8) is 0 Å². The van der Waals surface area contributed by atoms with Crippen molar-refractivity contribution in [1.29, 1.82) is 0 Å². The Morgan fingerprint density at radius 3 is 3.05 bits per heavy atom. The average Bonchev–Trinajstić information content (AvgIpc) is 3.01. The number of hydrogen-bond donors (Lipinski definition) is 2. The fourth-order valence-corrected chi connectivity index (χ4v) is 2.75. The number of benzene rings is 1. The zero-order chi connectivity index (χ0) is 14.2. The summed E-state index contributed by atoms with van der Waals surface area (Å²) < 4.78 is 10.9. The van der Waals surface area contributed by atoms with E-state index < -0.39 is 5.60 Å². The molecule has 1 aromatic carbocycles. The minimum atomic E-state index is -0.964. The molecule has 3 atom stereocenters. The number of rotatable bonds is 3. The zero-order valence-corrected chi connectivity index (χ0v) is 11.5. The largest absolute Gasteiger partial charge is 0.492 e. The molecule has 3 unspecified atom stereocenters. The molecule has 2 aliphatic rings. The van der Waals surface area contributed by atoms with E-state index in [0.29, 0.717) is 19.6 Å². The first-order chi connectivity index (χ1) is 9.60. The summed E-state index contributed by atoms with van der Waals surface area (Å²) in [5.74, 6) is 0.360. The van der Waals surface area contributed by atoms with Crippen LogP contribution in [0, 0.1) is 0 Å². The van der Waals surface area contributed by atoms with E-state index in [0.717, 1.165) is 11.3 Å². The Labute approximate surface area is 117 Å². The van der Waals surface area contributed by atoms with E-state index in [1.54, 1.807) is 0 Å². The molecule has 1 saturated heterocycles. The van der Waals surface area contributed by atoms with Crippen molar-refractivity contribution in [1.82, 2.24) is 5.32 Å². The number of nitrogens with one attached hydrogen (secondary N) is 1. The van der Waals surface area contributed by atoms with Gasteiger partial charge in [0.05, 0.1) is 6.10 Å². The summed E-state index contributed by atoms with van der Waals surface area (Å²) in [5.41, 5.74) is -0.0537. The molecule has 0 aliphatic carbocycles. The van der Waals surface area contributed by atoms with Gasteiger partial charge in [0.25, 0.3) is 0 Å². The lowest BCUT2D eigenvalue weighted by Crippen LogP contribution is -2.48. The molecule has 0 aromatic heterocycles. The van der Waals surface area contributed by atoms with Crippen LogP contribution in [0.2, 0.25) is 0 Å². The van der Waals surface area contributed by atoms with Crippen LogP contribution in [0.5, 0.6) is 5.75 Å². The van der Waals surface area contributed by atoms with Crippen molar-refractivity contribution in [2.24, 2.45) is 0 Å². The van der Waals surface area contributed by atoms with Crippen molar-refractivity contribution < 1.29 is 19.4 Å². The molecule has 0 saturated carbocycles. The first-order valence-corrected chi connectivity index (χ1v) is 6.93. The molecule has 20 heavy (non-hydrogen) atoms. The summed E-state index contributed by atoms with van der Waals surface area (Å²) in [4.78, 5) is 12.3. The Bertz CT molecular complexity index is 518. The second-order valence-corrected chi connectivity index (χ2v) is 5.49. The highest BCUT2D eigenvalue weighted by Crippen LogP contribution is 2.33. The average molecular weight is 277 g/mol. The minimum Gasteiger partial charge on any atom is -0.492 e. The second-order valence-electron chi connectivity index (χ2n) is 5.49. The number of para-hydroxylation sites is 1. The van der Waals surface area contributed by atoms with E-state index in [2.05, 4.69) is 5.32 Å². The highest BCUT2D eigenvalue weighted by molar-refractivity contribution is 5.85. The Hall–Kier alpha value is -1.59. The van der Waals surface area contributed by atoms with Crippen LogP contribution in [0.3, 0.4) is 0 Å². The lowest BCUT2D eigenvalue weighted by molar-refractivity contribution is -0.124. The van der Waals surface area contributed by atoms with Crippen LogP contribution in [0.15, 0.2) is 24.3 Å². The van der Waals surface area contributed by atoms with Crippen molar-refractivity contribution in [3.8, 4) is 5.75 Å².